The van der Waals surface area contributed by atoms with E-state index in [4.69, 9.17) is 4.42 Å². The van der Waals surface area contributed by atoms with E-state index in [1.807, 2.05) is 28.8 Å². The van der Waals surface area contributed by atoms with E-state index in [0.717, 1.165) is 37.4 Å². The van der Waals surface area contributed by atoms with Gasteiger partial charge in [-0.2, -0.15) is 0 Å². The predicted molar refractivity (Wildman–Crippen MR) is 91.6 cm³/mol. The maximum Gasteiger partial charge on any atom is 0.227 e. The van der Waals surface area contributed by atoms with E-state index >= 15 is 0 Å². The second-order valence-corrected chi connectivity index (χ2v) is 6.55. The molecular weight excluding hydrogens is 320 g/mol. The highest BCUT2D eigenvalue weighted by Crippen LogP contribution is 2.28. The van der Waals surface area contributed by atoms with Crippen molar-refractivity contribution in [2.75, 3.05) is 13.1 Å². The Morgan fingerprint density at radius 3 is 3.12 bits per heavy atom. The molecule has 7 nitrogen and oxygen atoms in total. The van der Waals surface area contributed by atoms with Crippen molar-refractivity contribution >= 4 is 5.65 Å². The number of likely N-dealkylation sites (tertiary alicyclic amines) is 1. The second kappa shape index (κ2) is 6.33. The highest BCUT2D eigenvalue weighted by molar-refractivity contribution is 5.37. The molecule has 1 N–H and O–H groups in total. The molecule has 0 amide bonds. The number of aromatic hydroxyl groups is 1. The van der Waals surface area contributed by atoms with E-state index in [0.29, 0.717) is 18.1 Å². The van der Waals surface area contributed by atoms with Gasteiger partial charge < -0.3 is 9.52 Å². The van der Waals surface area contributed by atoms with Crippen molar-refractivity contribution in [1.29, 1.82) is 0 Å². The van der Waals surface area contributed by atoms with Gasteiger partial charge in [-0.3, -0.25) is 14.1 Å². The standard InChI is InChI=1S/C18H20N4O3/c1-12-9-14(23)17(24)15(25-12)11-21-7-4-5-13(10-21)18-20-19-16-6-2-3-8-22(16)18/h2-3,6,8-9,13,24H,4-5,7,10-11H2,1H3. The number of hydrogen-bond donors (Lipinski definition) is 1. The molecule has 130 valence electrons. The normalized spacial score (nSPS) is 18.7. The number of aryl methyl sites for hydroxylation is 1. The molecule has 3 aromatic heterocycles. The smallest absolute Gasteiger partial charge is 0.227 e. The van der Waals surface area contributed by atoms with E-state index in [2.05, 4.69) is 15.1 Å². The summed E-state index contributed by atoms with van der Waals surface area (Å²) < 4.78 is 7.59. The van der Waals surface area contributed by atoms with E-state index in [1.165, 1.54) is 6.07 Å². The summed E-state index contributed by atoms with van der Waals surface area (Å²) in [5.41, 5.74) is 0.452. The zero-order chi connectivity index (χ0) is 17.4. The quantitative estimate of drug-likeness (QED) is 0.786. The van der Waals surface area contributed by atoms with Gasteiger partial charge in [0.15, 0.2) is 11.4 Å². The van der Waals surface area contributed by atoms with Crippen LogP contribution in [-0.4, -0.2) is 37.7 Å². The van der Waals surface area contributed by atoms with Crippen LogP contribution in [0.5, 0.6) is 5.75 Å². The molecule has 7 heteroatoms. The number of hydrogen-bond acceptors (Lipinski definition) is 6. The Balaban J connectivity index is 1.57. The number of piperidine rings is 1. The maximum absolute atomic E-state index is 11.7. The van der Waals surface area contributed by atoms with Gasteiger partial charge in [0.1, 0.15) is 11.6 Å². The molecule has 0 aromatic carbocycles. The van der Waals surface area contributed by atoms with Crippen molar-refractivity contribution < 1.29 is 9.52 Å². The average molecular weight is 340 g/mol. The molecule has 0 bridgehead atoms. The molecule has 0 saturated carbocycles. The van der Waals surface area contributed by atoms with Crippen molar-refractivity contribution in [3.05, 3.63) is 58.0 Å². The summed E-state index contributed by atoms with van der Waals surface area (Å²) in [7, 11) is 0. The first-order chi connectivity index (χ1) is 12.1. The predicted octanol–water partition coefficient (Wildman–Crippen LogP) is 2.08. The summed E-state index contributed by atoms with van der Waals surface area (Å²) in [6, 6.07) is 7.17. The van der Waals surface area contributed by atoms with Gasteiger partial charge in [0.05, 0.1) is 6.54 Å². The molecule has 3 aromatic rings. The largest absolute Gasteiger partial charge is 0.502 e. The number of rotatable bonds is 3. The molecule has 1 aliphatic heterocycles. The SMILES string of the molecule is Cc1cc(=O)c(O)c(CN2CCCC(c3nnc4ccccn34)C2)o1. The van der Waals surface area contributed by atoms with E-state index < -0.39 is 5.43 Å². The molecule has 1 atom stereocenters. The third-order valence-electron chi connectivity index (χ3n) is 4.69. The van der Waals surface area contributed by atoms with Gasteiger partial charge in [0.25, 0.3) is 0 Å². The van der Waals surface area contributed by atoms with Gasteiger partial charge in [-0.25, -0.2) is 0 Å². The van der Waals surface area contributed by atoms with Crippen molar-refractivity contribution in [2.24, 2.45) is 0 Å². The lowest BCUT2D eigenvalue weighted by molar-refractivity contribution is 0.177. The van der Waals surface area contributed by atoms with Crippen LogP contribution >= 0.6 is 0 Å². The third-order valence-corrected chi connectivity index (χ3v) is 4.69. The first-order valence-corrected chi connectivity index (χ1v) is 8.46. The molecule has 1 aliphatic rings. The van der Waals surface area contributed by atoms with Crippen LogP contribution in [0.15, 0.2) is 39.7 Å². The lowest BCUT2D eigenvalue weighted by Gasteiger charge is -2.31. The molecule has 0 aliphatic carbocycles. The molecule has 1 saturated heterocycles. The van der Waals surface area contributed by atoms with Crippen LogP contribution < -0.4 is 5.43 Å². The molecule has 0 spiro atoms. The Morgan fingerprint density at radius 2 is 2.24 bits per heavy atom. The molecule has 25 heavy (non-hydrogen) atoms. The summed E-state index contributed by atoms with van der Waals surface area (Å²) in [5, 5.41) is 18.6. The monoisotopic (exact) mass is 340 g/mol. The Hall–Kier alpha value is -2.67. The summed E-state index contributed by atoms with van der Waals surface area (Å²) >= 11 is 0. The maximum atomic E-state index is 11.7. The number of aromatic nitrogens is 3. The van der Waals surface area contributed by atoms with Gasteiger partial charge in [-0.1, -0.05) is 6.07 Å². The molecule has 1 unspecified atom stereocenters. The van der Waals surface area contributed by atoms with Gasteiger partial charge in [0, 0.05) is 24.7 Å². The van der Waals surface area contributed by atoms with E-state index in [1.54, 1.807) is 6.92 Å². The fourth-order valence-electron chi connectivity index (χ4n) is 3.52. The first-order valence-electron chi connectivity index (χ1n) is 8.46. The Kier molecular flexibility index (Phi) is 4.01. The van der Waals surface area contributed by atoms with Gasteiger partial charge in [0.2, 0.25) is 11.2 Å². The fraction of sp³-hybridized carbons (Fsp3) is 0.389. The molecule has 4 rings (SSSR count). The highest BCUT2D eigenvalue weighted by Gasteiger charge is 2.26. The van der Waals surface area contributed by atoms with Gasteiger partial charge in [-0.15, -0.1) is 10.2 Å². The summed E-state index contributed by atoms with van der Waals surface area (Å²) in [4.78, 5) is 13.9. The minimum absolute atomic E-state index is 0.254. The van der Waals surface area contributed by atoms with Crippen molar-refractivity contribution in [3.8, 4) is 5.75 Å². The van der Waals surface area contributed by atoms with E-state index in [9.17, 15) is 9.90 Å². The van der Waals surface area contributed by atoms with E-state index in [-0.39, 0.29) is 11.7 Å². The summed E-state index contributed by atoms with van der Waals surface area (Å²) in [6.07, 6.45) is 4.04. The van der Waals surface area contributed by atoms with Crippen LogP contribution in [0.4, 0.5) is 0 Å². The lowest BCUT2D eigenvalue weighted by atomic mass is 9.97. The lowest BCUT2D eigenvalue weighted by Crippen LogP contribution is -2.34. The zero-order valence-electron chi connectivity index (χ0n) is 14.1. The molecule has 4 heterocycles. The Morgan fingerprint density at radius 1 is 1.36 bits per heavy atom. The molecule has 1 fully saturated rings. The number of nitrogens with zero attached hydrogens (tertiary/aromatic N) is 4. The zero-order valence-corrected chi connectivity index (χ0v) is 14.1. The Bertz CT molecular complexity index is 962. The molecule has 0 radical (unpaired) electrons. The van der Waals surface area contributed by atoms with Crippen LogP contribution in [0.1, 0.15) is 36.1 Å². The van der Waals surface area contributed by atoms with Gasteiger partial charge >= 0.3 is 0 Å². The van der Waals surface area contributed by atoms with Crippen LogP contribution in [-0.2, 0) is 6.54 Å². The van der Waals surface area contributed by atoms with Crippen LogP contribution in [0.2, 0.25) is 0 Å². The molecular formula is C18H20N4O3. The minimum atomic E-state index is -0.393. The Labute approximate surface area is 144 Å². The van der Waals surface area contributed by atoms with Gasteiger partial charge in [-0.05, 0) is 38.4 Å². The fourth-order valence-corrected chi connectivity index (χ4v) is 3.52. The minimum Gasteiger partial charge on any atom is -0.502 e. The average Bonchev–Trinajstić information content (AvgIpc) is 3.03. The van der Waals surface area contributed by atoms with Crippen LogP contribution in [0.3, 0.4) is 0 Å². The van der Waals surface area contributed by atoms with Crippen molar-refractivity contribution in [2.45, 2.75) is 32.2 Å². The summed E-state index contributed by atoms with van der Waals surface area (Å²) in [5.74, 6) is 1.76. The highest BCUT2D eigenvalue weighted by atomic mass is 16.4. The number of pyridine rings is 1. The third kappa shape index (κ3) is 3.02. The summed E-state index contributed by atoms with van der Waals surface area (Å²) in [6.45, 7) is 3.80. The number of fused-ring (bicyclic) bond motifs is 1. The second-order valence-electron chi connectivity index (χ2n) is 6.55. The first kappa shape index (κ1) is 15.8. The van der Waals surface area contributed by atoms with Crippen molar-refractivity contribution in [1.82, 2.24) is 19.5 Å². The van der Waals surface area contributed by atoms with Crippen molar-refractivity contribution in [3.63, 3.8) is 0 Å². The topological polar surface area (TPSA) is 83.9 Å². The van der Waals surface area contributed by atoms with Crippen LogP contribution in [0, 0.1) is 6.92 Å². The van der Waals surface area contributed by atoms with Crippen LogP contribution in [0.25, 0.3) is 5.65 Å².